The second-order valence-electron chi connectivity index (χ2n) is 6.92. The van der Waals surface area contributed by atoms with Crippen LogP contribution in [0.1, 0.15) is 38.7 Å². The molecule has 0 fully saturated rings. The van der Waals surface area contributed by atoms with Gasteiger partial charge in [0.15, 0.2) is 5.76 Å². The lowest BCUT2D eigenvalue weighted by atomic mass is 10.1. The van der Waals surface area contributed by atoms with E-state index in [1.54, 1.807) is 35.0 Å². The molecule has 0 spiro atoms. The number of hydrogen-bond donors (Lipinski definition) is 0. The molecule has 1 aromatic carbocycles. The molecule has 1 amide bonds. The van der Waals surface area contributed by atoms with Crippen LogP contribution in [0.2, 0.25) is 0 Å². The summed E-state index contributed by atoms with van der Waals surface area (Å²) >= 11 is 0. The lowest BCUT2D eigenvalue weighted by Crippen LogP contribution is -2.26. The standard InChI is InChI=1S/C21H25N3O3/c1-14-8-15(2)10-19(9-14)26-13-18-6-7-20(27-18)21(25)23(4)12-17-11-22-24(5)16(17)3/h6-11H,12-13H2,1-5H3. The molecule has 0 aliphatic carbocycles. The van der Waals surface area contributed by atoms with Gasteiger partial charge in [0.1, 0.15) is 18.1 Å². The number of aryl methyl sites for hydroxylation is 3. The number of furan rings is 1. The first kappa shape index (κ1) is 18.8. The molecule has 27 heavy (non-hydrogen) atoms. The minimum Gasteiger partial charge on any atom is -0.486 e. The lowest BCUT2D eigenvalue weighted by molar-refractivity contribution is 0.0749. The Morgan fingerprint density at radius 1 is 1.19 bits per heavy atom. The second kappa shape index (κ2) is 7.70. The number of carbonyl (C=O) groups excluding carboxylic acids is 1. The van der Waals surface area contributed by atoms with Crippen LogP contribution in [-0.2, 0) is 20.2 Å². The second-order valence-corrected chi connectivity index (χ2v) is 6.92. The third-order valence-electron chi connectivity index (χ3n) is 4.54. The minimum atomic E-state index is -0.170. The molecule has 3 rings (SSSR count). The van der Waals surface area contributed by atoms with Crippen molar-refractivity contribution in [3.05, 3.63) is 70.4 Å². The van der Waals surface area contributed by atoms with E-state index >= 15 is 0 Å². The van der Waals surface area contributed by atoms with E-state index < -0.39 is 0 Å². The summed E-state index contributed by atoms with van der Waals surface area (Å²) < 4.78 is 13.3. The first-order valence-corrected chi connectivity index (χ1v) is 8.86. The quantitative estimate of drug-likeness (QED) is 0.665. The molecule has 3 aromatic rings. The van der Waals surface area contributed by atoms with Crippen molar-refractivity contribution in [3.63, 3.8) is 0 Å². The molecule has 0 aliphatic rings. The fourth-order valence-electron chi connectivity index (χ4n) is 2.96. The SMILES string of the molecule is Cc1cc(C)cc(OCc2ccc(C(=O)N(C)Cc3cnn(C)c3C)o2)c1. The van der Waals surface area contributed by atoms with Gasteiger partial charge in [0.25, 0.3) is 5.91 Å². The van der Waals surface area contributed by atoms with E-state index in [4.69, 9.17) is 9.15 Å². The molecule has 6 heteroatoms. The van der Waals surface area contributed by atoms with Crippen molar-refractivity contribution in [3.8, 4) is 5.75 Å². The van der Waals surface area contributed by atoms with Crippen molar-refractivity contribution in [2.45, 2.75) is 33.9 Å². The van der Waals surface area contributed by atoms with Crippen molar-refractivity contribution in [1.29, 1.82) is 0 Å². The first-order chi connectivity index (χ1) is 12.8. The average Bonchev–Trinajstić information content (AvgIpc) is 3.21. The van der Waals surface area contributed by atoms with Crippen molar-refractivity contribution < 1.29 is 13.9 Å². The maximum atomic E-state index is 12.6. The zero-order valence-corrected chi connectivity index (χ0v) is 16.4. The number of carbonyl (C=O) groups is 1. The average molecular weight is 367 g/mol. The van der Waals surface area contributed by atoms with Crippen LogP contribution in [0.5, 0.6) is 5.75 Å². The number of rotatable bonds is 6. The Bertz CT molecular complexity index is 935. The predicted molar refractivity (Wildman–Crippen MR) is 103 cm³/mol. The van der Waals surface area contributed by atoms with Gasteiger partial charge in [-0.3, -0.25) is 9.48 Å². The minimum absolute atomic E-state index is 0.170. The van der Waals surface area contributed by atoms with Crippen LogP contribution in [0.15, 0.2) is 40.9 Å². The molecule has 0 radical (unpaired) electrons. The van der Waals surface area contributed by atoms with Gasteiger partial charge in [-0.25, -0.2) is 0 Å². The van der Waals surface area contributed by atoms with Crippen molar-refractivity contribution >= 4 is 5.91 Å². The Hall–Kier alpha value is -3.02. The summed E-state index contributed by atoms with van der Waals surface area (Å²) in [5.74, 6) is 1.54. The van der Waals surface area contributed by atoms with Crippen LogP contribution < -0.4 is 4.74 Å². The van der Waals surface area contributed by atoms with E-state index in [1.165, 1.54) is 0 Å². The van der Waals surface area contributed by atoms with Gasteiger partial charge in [-0.2, -0.15) is 5.10 Å². The maximum absolute atomic E-state index is 12.6. The van der Waals surface area contributed by atoms with Gasteiger partial charge in [0.05, 0.1) is 6.20 Å². The number of benzene rings is 1. The highest BCUT2D eigenvalue weighted by molar-refractivity contribution is 5.91. The third kappa shape index (κ3) is 4.39. The summed E-state index contributed by atoms with van der Waals surface area (Å²) in [7, 11) is 3.64. The fourth-order valence-corrected chi connectivity index (χ4v) is 2.96. The van der Waals surface area contributed by atoms with Gasteiger partial charge in [0.2, 0.25) is 0 Å². The van der Waals surface area contributed by atoms with Crippen molar-refractivity contribution in [2.24, 2.45) is 7.05 Å². The molecule has 2 aromatic heterocycles. The summed E-state index contributed by atoms with van der Waals surface area (Å²) in [4.78, 5) is 14.2. The van der Waals surface area contributed by atoms with Crippen LogP contribution in [0.4, 0.5) is 0 Å². The summed E-state index contributed by atoms with van der Waals surface area (Å²) in [6, 6.07) is 9.52. The van der Waals surface area contributed by atoms with E-state index in [0.717, 1.165) is 28.1 Å². The molecule has 0 unspecified atom stereocenters. The van der Waals surface area contributed by atoms with E-state index in [2.05, 4.69) is 11.2 Å². The highest BCUT2D eigenvalue weighted by Gasteiger charge is 2.18. The Balaban J connectivity index is 1.62. The Kier molecular flexibility index (Phi) is 5.35. The molecular weight excluding hydrogens is 342 g/mol. The zero-order chi connectivity index (χ0) is 19.6. The highest BCUT2D eigenvalue weighted by Crippen LogP contribution is 2.19. The van der Waals surface area contributed by atoms with Crippen LogP contribution in [0.25, 0.3) is 0 Å². The molecular formula is C21H25N3O3. The smallest absolute Gasteiger partial charge is 0.289 e. The van der Waals surface area contributed by atoms with Gasteiger partial charge in [-0.05, 0) is 56.2 Å². The normalized spacial score (nSPS) is 10.9. The van der Waals surface area contributed by atoms with Gasteiger partial charge >= 0.3 is 0 Å². The number of ether oxygens (including phenoxy) is 1. The predicted octanol–water partition coefficient (Wildman–Crippen LogP) is 3.79. The summed E-state index contributed by atoms with van der Waals surface area (Å²) in [5, 5.41) is 4.21. The Morgan fingerprint density at radius 3 is 2.52 bits per heavy atom. The van der Waals surface area contributed by atoms with Crippen LogP contribution in [-0.4, -0.2) is 27.6 Å². The van der Waals surface area contributed by atoms with E-state index in [9.17, 15) is 4.79 Å². The molecule has 0 saturated heterocycles. The van der Waals surface area contributed by atoms with Gasteiger partial charge in [0, 0.05) is 31.9 Å². The summed E-state index contributed by atoms with van der Waals surface area (Å²) in [6.07, 6.45) is 1.78. The molecule has 6 nitrogen and oxygen atoms in total. The van der Waals surface area contributed by atoms with Crippen LogP contribution in [0, 0.1) is 20.8 Å². The molecule has 0 atom stereocenters. The largest absolute Gasteiger partial charge is 0.486 e. The molecule has 0 saturated carbocycles. The molecule has 2 heterocycles. The van der Waals surface area contributed by atoms with E-state index in [0.29, 0.717) is 18.1 Å². The third-order valence-corrected chi connectivity index (χ3v) is 4.54. The molecule has 142 valence electrons. The topological polar surface area (TPSA) is 60.5 Å². The zero-order valence-electron chi connectivity index (χ0n) is 16.4. The van der Waals surface area contributed by atoms with Crippen molar-refractivity contribution in [2.75, 3.05) is 7.05 Å². The monoisotopic (exact) mass is 367 g/mol. The first-order valence-electron chi connectivity index (χ1n) is 8.86. The maximum Gasteiger partial charge on any atom is 0.289 e. The molecule has 0 bridgehead atoms. The van der Waals surface area contributed by atoms with E-state index in [-0.39, 0.29) is 12.5 Å². The fraction of sp³-hybridized carbons (Fsp3) is 0.333. The molecule has 0 aliphatic heterocycles. The lowest BCUT2D eigenvalue weighted by Gasteiger charge is -2.15. The number of nitrogens with zero attached hydrogens (tertiary/aromatic N) is 3. The number of aromatic nitrogens is 2. The summed E-state index contributed by atoms with van der Waals surface area (Å²) in [5.41, 5.74) is 4.34. The van der Waals surface area contributed by atoms with Gasteiger partial charge < -0.3 is 14.1 Å². The van der Waals surface area contributed by atoms with Gasteiger partial charge in [-0.15, -0.1) is 0 Å². The number of amides is 1. The van der Waals surface area contributed by atoms with Gasteiger partial charge in [-0.1, -0.05) is 6.07 Å². The number of hydrogen-bond acceptors (Lipinski definition) is 4. The highest BCUT2D eigenvalue weighted by atomic mass is 16.5. The van der Waals surface area contributed by atoms with Crippen LogP contribution in [0.3, 0.4) is 0 Å². The van der Waals surface area contributed by atoms with Crippen LogP contribution >= 0.6 is 0 Å². The molecule has 0 N–H and O–H groups in total. The summed E-state index contributed by atoms with van der Waals surface area (Å²) in [6.45, 7) is 6.80. The Morgan fingerprint density at radius 2 is 1.89 bits per heavy atom. The Labute approximate surface area is 159 Å². The van der Waals surface area contributed by atoms with Crippen molar-refractivity contribution in [1.82, 2.24) is 14.7 Å². The van der Waals surface area contributed by atoms with E-state index in [1.807, 2.05) is 40.0 Å².